The van der Waals surface area contributed by atoms with Crippen LogP contribution in [0.2, 0.25) is 0 Å². The fourth-order valence-electron chi connectivity index (χ4n) is 0.445. The second kappa shape index (κ2) is 5.11. The summed E-state index contributed by atoms with van der Waals surface area (Å²) in [5.74, 6) is 6.61. The van der Waals surface area contributed by atoms with E-state index in [4.69, 9.17) is 0 Å². The lowest BCUT2D eigenvalue weighted by molar-refractivity contribution is 0.801. The third-order valence-corrected chi connectivity index (χ3v) is 1.32. The van der Waals surface area contributed by atoms with Crippen LogP contribution in [0, 0.1) is 17.8 Å². The molecule has 0 aromatic rings. The van der Waals surface area contributed by atoms with Crippen LogP contribution in [0.4, 0.5) is 0 Å². The molecule has 0 aromatic heterocycles. The molecule has 0 saturated heterocycles. The van der Waals surface area contributed by atoms with Crippen LogP contribution in [-0.2, 0) is 0 Å². The zero-order valence-corrected chi connectivity index (χ0v) is 7.20. The zero-order valence-electron chi connectivity index (χ0n) is 7.20. The van der Waals surface area contributed by atoms with Crippen molar-refractivity contribution in [2.75, 3.05) is 0 Å². The molecule has 0 bridgehead atoms. The Bertz CT molecular complexity index is 153. The standard InChI is InChI=1S/C10H16/c1-5-6-7-8-10(4)9(2)3/h9H,4-6H2,1-3H3. The highest BCUT2D eigenvalue weighted by Crippen LogP contribution is 2.03. The van der Waals surface area contributed by atoms with Gasteiger partial charge in [0.25, 0.3) is 0 Å². The molecule has 10 heavy (non-hydrogen) atoms. The molecule has 0 atom stereocenters. The van der Waals surface area contributed by atoms with Crippen LogP contribution in [0.5, 0.6) is 0 Å². The Labute approximate surface area is 64.3 Å². The number of hydrogen-bond acceptors (Lipinski definition) is 0. The fraction of sp³-hybridized carbons (Fsp3) is 0.600. The van der Waals surface area contributed by atoms with E-state index in [9.17, 15) is 0 Å². The molecule has 0 aromatic carbocycles. The van der Waals surface area contributed by atoms with E-state index in [-0.39, 0.29) is 0 Å². The van der Waals surface area contributed by atoms with Crippen molar-refractivity contribution in [3.8, 4) is 11.8 Å². The van der Waals surface area contributed by atoms with Crippen LogP contribution in [0.15, 0.2) is 12.2 Å². The first-order valence-corrected chi connectivity index (χ1v) is 3.86. The Morgan fingerprint density at radius 1 is 1.50 bits per heavy atom. The Balaban J connectivity index is 3.69. The third-order valence-electron chi connectivity index (χ3n) is 1.32. The van der Waals surface area contributed by atoms with E-state index < -0.39 is 0 Å². The van der Waals surface area contributed by atoms with Gasteiger partial charge in [0.2, 0.25) is 0 Å². The van der Waals surface area contributed by atoms with Gasteiger partial charge in [-0.05, 0) is 17.9 Å². The SMILES string of the molecule is C=C(C#CCCC)C(C)C. The number of allylic oxidation sites excluding steroid dienone is 1. The molecule has 0 nitrogen and oxygen atoms in total. The molecule has 0 rings (SSSR count). The summed E-state index contributed by atoms with van der Waals surface area (Å²) in [6.45, 7) is 10.2. The highest BCUT2D eigenvalue weighted by Gasteiger charge is 1.92. The highest BCUT2D eigenvalue weighted by molar-refractivity contribution is 5.26. The van der Waals surface area contributed by atoms with Crippen molar-refractivity contribution in [2.24, 2.45) is 5.92 Å². The Kier molecular flexibility index (Phi) is 4.76. The maximum Gasteiger partial charge on any atom is 0.00897 e. The van der Waals surface area contributed by atoms with Crippen LogP contribution in [0.3, 0.4) is 0 Å². The third kappa shape index (κ3) is 4.21. The first-order chi connectivity index (χ1) is 4.68. The first-order valence-electron chi connectivity index (χ1n) is 3.86. The van der Waals surface area contributed by atoms with Gasteiger partial charge in [-0.3, -0.25) is 0 Å². The molecule has 0 aliphatic carbocycles. The van der Waals surface area contributed by atoms with E-state index in [2.05, 4.69) is 39.2 Å². The Morgan fingerprint density at radius 2 is 2.10 bits per heavy atom. The average molecular weight is 136 g/mol. The molecule has 0 unspecified atom stereocenters. The van der Waals surface area contributed by atoms with Crippen LogP contribution < -0.4 is 0 Å². The van der Waals surface area contributed by atoms with E-state index in [1.807, 2.05) is 0 Å². The molecule has 0 aliphatic rings. The van der Waals surface area contributed by atoms with Gasteiger partial charge < -0.3 is 0 Å². The van der Waals surface area contributed by atoms with Gasteiger partial charge in [-0.1, -0.05) is 39.2 Å². The molecule has 0 spiro atoms. The summed E-state index contributed by atoms with van der Waals surface area (Å²) in [5, 5.41) is 0. The van der Waals surface area contributed by atoms with Crippen molar-refractivity contribution in [3.63, 3.8) is 0 Å². The molecular weight excluding hydrogens is 120 g/mol. The summed E-state index contributed by atoms with van der Waals surface area (Å²) in [6, 6.07) is 0. The summed E-state index contributed by atoms with van der Waals surface area (Å²) in [7, 11) is 0. The van der Waals surface area contributed by atoms with Crippen molar-refractivity contribution in [1.82, 2.24) is 0 Å². The number of unbranched alkanes of at least 4 members (excludes halogenated alkanes) is 1. The minimum Gasteiger partial charge on any atom is -0.0983 e. The lowest BCUT2D eigenvalue weighted by atomic mass is 10.1. The molecule has 0 aliphatic heterocycles. The number of rotatable bonds is 2. The molecular formula is C10H16. The molecule has 0 radical (unpaired) electrons. The fourth-order valence-corrected chi connectivity index (χ4v) is 0.445. The van der Waals surface area contributed by atoms with Gasteiger partial charge in [0.1, 0.15) is 0 Å². The molecule has 0 heterocycles. The van der Waals surface area contributed by atoms with Crippen LogP contribution in [0.1, 0.15) is 33.6 Å². The average Bonchev–Trinajstić information content (AvgIpc) is 1.88. The van der Waals surface area contributed by atoms with Gasteiger partial charge in [0, 0.05) is 6.42 Å². The van der Waals surface area contributed by atoms with Gasteiger partial charge in [-0.25, -0.2) is 0 Å². The van der Waals surface area contributed by atoms with Gasteiger partial charge in [-0.15, -0.1) is 0 Å². The van der Waals surface area contributed by atoms with E-state index in [0.717, 1.165) is 18.4 Å². The lowest BCUT2D eigenvalue weighted by Crippen LogP contribution is -1.87. The highest BCUT2D eigenvalue weighted by atomic mass is 14.0. The minimum atomic E-state index is 0.504. The predicted octanol–water partition coefficient (Wildman–Crippen LogP) is 3.00. The molecule has 0 N–H and O–H groups in total. The quantitative estimate of drug-likeness (QED) is 0.512. The zero-order chi connectivity index (χ0) is 7.98. The van der Waals surface area contributed by atoms with Crippen LogP contribution >= 0.6 is 0 Å². The van der Waals surface area contributed by atoms with E-state index in [1.54, 1.807) is 0 Å². The van der Waals surface area contributed by atoms with E-state index in [0.29, 0.717) is 5.92 Å². The molecule has 0 heteroatoms. The monoisotopic (exact) mass is 136 g/mol. The Hall–Kier alpha value is -0.700. The second-order valence-corrected chi connectivity index (χ2v) is 2.73. The first kappa shape index (κ1) is 9.30. The maximum atomic E-state index is 3.85. The summed E-state index contributed by atoms with van der Waals surface area (Å²) >= 11 is 0. The topological polar surface area (TPSA) is 0 Å². The largest absolute Gasteiger partial charge is 0.0983 e. The van der Waals surface area contributed by atoms with Crippen molar-refractivity contribution in [1.29, 1.82) is 0 Å². The van der Waals surface area contributed by atoms with Crippen molar-refractivity contribution in [2.45, 2.75) is 33.6 Å². The molecule has 0 saturated carbocycles. The maximum absolute atomic E-state index is 3.85. The van der Waals surface area contributed by atoms with Crippen molar-refractivity contribution < 1.29 is 0 Å². The molecule has 56 valence electrons. The second-order valence-electron chi connectivity index (χ2n) is 2.73. The van der Waals surface area contributed by atoms with Crippen molar-refractivity contribution in [3.05, 3.63) is 12.2 Å². The summed E-state index contributed by atoms with van der Waals surface area (Å²) in [5.41, 5.74) is 1.05. The van der Waals surface area contributed by atoms with Gasteiger partial charge >= 0.3 is 0 Å². The molecule has 0 fully saturated rings. The van der Waals surface area contributed by atoms with E-state index in [1.165, 1.54) is 0 Å². The minimum absolute atomic E-state index is 0.504. The Morgan fingerprint density at radius 3 is 2.50 bits per heavy atom. The summed E-state index contributed by atoms with van der Waals surface area (Å²) < 4.78 is 0. The lowest BCUT2D eigenvalue weighted by Gasteiger charge is -1.98. The number of hydrogen-bond donors (Lipinski definition) is 0. The van der Waals surface area contributed by atoms with E-state index >= 15 is 0 Å². The van der Waals surface area contributed by atoms with Crippen LogP contribution in [0.25, 0.3) is 0 Å². The normalized spacial score (nSPS) is 8.80. The van der Waals surface area contributed by atoms with Crippen molar-refractivity contribution >= 4 is 0 Å². The summed E-state index contributed by atoms with van der Waals surface area (Å²) in [4.78, 5) is 0. The smallest absolute Gasteiger partial charge is 0.00897 e. The summed E-state index contributed by atoms with van der Waals surface area (Å²) in [6.07, 6.45) is 2.13. The predicted molar refractivity (Wildman–Crippen MR) is 46.7 cm³/mol. The molecule has 0 amide bonds. The van der Waals surface area contributed by atoms with Gasteiger partial charge in [0.05, 0.1) is 0 Å². The van der Waals surface area contributed by atoms with Crippen LogP contribution in [-0.4, -0.2) is 0 Å². The van der Waals surface area contributed by atoms with Gasteiger partial charge in [-0.2, -0.15) is 0 Å². The van der Waals surface area contributed by atoms with Gasteiger partial charge in [0.15, 0.2) is 0 Å².